The first-order chi connectivity index (χ1) is 12.2. The van der Waals surface area contributed by atoms with Gasteiger partial charge in [-0.2, -0.15) is 4.98 Å². The molecule has 6 heteroatoms. The number of hydrogen-bond acceptors (Lipinski definition) is 6. The van der Waals surface area contributed by atoms with Crippen LogP contribution in [-0.2, 0) is 0 Å². The molecular formula is C19H20N2O4. The van der Waals surface area contributed by atoms with Gasteiger partial charge in [0.15, 0.2) is 17.6 Å². The van der Waals surface area contributed by atoms with E-state index in [1.54, 1.807) is 14.2 Å². The Bertz CT molecular complexity index is 817. The molecule has 0 unspecified atom stereocenters. The number of nitrogens with zero attached hydrogens (tertiary/aromatic N) is 2. The van der Waals surface area contributed by atoms with Crippen molar-refractivity contribution in [2.45, 2.75) is 19.4 Å². The van der Waals surface area contributed by atoms with Gasteiger partial charge in [-0.3, -0.25) is 0 Å². The monoisotopic (exact) mass is 340 g/mol. The molecule has 1 heterocycles. The van der Waals surface area contributed by atoms with Crippen LogP contribution in [0.2, 0.25) is 0 Å². The molecule has 0 saturated heterocycles. The summed E-state index contributed by atoms with van der Waals surface area (Å²) in [7, 11) is 3.18. The second kappa shape index (κ2) is 7.70. The lowest BCUT2D eigenvalue weighted by Gasteiger charge is -2.13. The first kappa shape index (κ1) is 16.8. The van der Waals surface area contributed by atoms with Crippen molar-refractivity contribution in [1.29, 1.82) is 0 Å². The van der Waals surface area contributed by atoms with E-state index < -0.39 is 0 Å². The van der Waals surface area contributed by atoms with E-state index in [0.29, 0.717) is 29.6 Å². The molecular weight excluding hydrogens is 320 g/mol. The van der Waals surface area contributed by atoms with E-state index in [9.17, 15) is 0 Å². The second-order valence-electron chi connectivity index (χ2n) is 5.35. The van der Waals surface area contributed by atoms with Gasteiger partial charge in [-0.25, -0.2) is 0 Å². The lowest BCUT2D eigenvalue weighted by atomic mass is 10.2. The first-order valence-electron chi connectivity index (χ1n) is 8.02. The number of benzene rings is 2. The van der Waals surface area contributed by atoms with Gasteiger partial charge in [0, 0.05) is 5.56 Å². The van der Waals surface area contributed by atoms with Gasteiger partial charge in [0.25, 0.3) is 5.89 Å². The summed E-state index contributed by atoms with van der Waals surface area (Å²) < 4.78 is 21.9. The zero-order valence-corrected chi connectivity index (χ0v) is 14.4. The second-order valence-corrected chi connectivity index (χ2v) is 5.35. The summed E-state index contributed by atoms with van der Waals surface area (Å²) in [5.74, 6) is 2.94. The van der Waals surface area contributed by atoms with Crippen molar-refractivity contribution in [3.8, 4) is 28.6 Å². The van der Waals surface area contributed by atoms with Gasteiger partial charge in [0.2, 0.25) is 5.82 Å². The van der Waals surface area contributed by atoms with Crippen LogP contribution in [0.3, 0.4) is 0 Å². The summed E-state index contributed by atoms with van der Waals surface area (Å²) in [4.78, 5) is 4.48. The highest BCUT2D eigenvalue weighted by Crippen LogP contribution is 2.32. The summed E-state index contributed by atoms with van der Waals surface area (Å²) in [5, 5.41) is 4.07. The van der Waals surface area contributed by atoms with Crippen molar-refractivity contribution in [2.75, 3.05) is 14.2 Å². The summed E-state index contributed by atoms with van der Waals surface area (Å²) in [6.07, 6.45) is 0.409. The normalized spacial score (nSPS) is 11.8. The number of aromatic nitrogens is 2. The first-order valence-corrected chi connectivity index (χ1v) is 8.02. The lowest BCUT2D eigenvalue weighted by molar-refractivity contribution is 0.154. The quantitative estimate of drug-likeness (QED) is 0.639. The predicted octanol–water partition coefficient (Wildman–Crippen LogP) is 4.28. The van der Waals surface area contributed by atoms with Gasteiger partial charge >= 0.3 is 0 Å². The van der Waals surface area contributed by atoms with Crippen LogP contribution in [-0.4, -0.2) is 24.4 Å². The summed E-state index contributed by atoms with van der Waals surface area (Å²) in [5.41, 5.74) is 0.780. The van der Waals surface area contributed by atoms with Crippen LogP contribution in [0, 0.1) is 0 Å². The number of methoxy groups -OCH3 is 2. The van der Waals surface area contributed by atoms with Crippen LogP contribution in [0.15, 0.2) is 53.1 Å². The molecule has 0 aliphatic heterocycles. The van der Waals surface area contributed by atoms with Gasteiger partial charge in [-0.05, 0) is 36.8 Å². The van der Waals surface area contributed by atoms with Crippen LogP contribution in [0.4, 0.5) is 0 Å². The zero-order valence-electron chi connectivity index (χ0n) is 14.4. The van der Waals surface area contributed by atoms with E-state index in [0.717, 1.165) is 11.3 Å². The average molecular weight is 340 g/mol. The molecule has 0 aliphatic carbocycles. The molecule has 0 fully saturated rings. The molecule has 0 radical (unpaired) electrons. The lowest BCUT2D eigenvalue weighted by Crippen LogP contribution is -2.06. The molecule has 0 spiro atoms. The Labute approximate surface area is 146 Å². The largest absolute Gasteiger partial charge is 0.493 e. The van der Waals surface area contributed by atoms with Crippen LogP contribution in [0.25, 0.3) is 11.4 Å². The highest BCUT2D eigenvalue weighted by atomic mass is 16.5. The molecule has 3 rings (SSSR count). The third-order valence-corrected chi connectivity index (χ3v) is 3.75. The van der Waals surface area contributed by atoms with Crippen molar-refractivity contribution in [2.24, 2.45) is 0 Å². The number of ether oxygens (including phenoxy) is 3. The molecule has 2 aromatic carbocycles. The van der Waals surface area contributed by atoms with Crippen molar-refractivity contribution in [1.82, 2.24) is 10.1 Å². The molecule has 0 aliphatic rings. The van der Waals surface area contributed by atoms with Crippen LogP contribution < -0.4 is 14.2 Å². The third kappa shape index (κ3) is 3.74. The molecule has 1 atom stereocenters. The van der Waals surface area contributed by atoms with Crippen molar-refractivity contribution in [3.05, 3.63) is 54.4 Å². The van der Waals surface area contributed by atoms with Gasteiger partial charge in [-0.15, -0.1) is 0 Å². The Kier molecular flexibility index (Phi) is 5.18. The Morgan fingerprint density at radius 2 is 1.76 bits per heavy atom. The highest BCUT2D eigenvalue weighted by Gasteiger charge is 2.20. The zero-order chi connectivity index (χ0) is 17.6. The molecule has 0 saturated carbocycles. The van der Waals surface area contributed by atoms with Crippen molar-refractivity contribution < 1.29 is 18.7 Å². The van der Waals surface area contributed by atoms with E-state index in [1.165, 1.54) is 0 Å². The molecule has 6 nitrogen and oxygen atoms in total. The fraction of sp³-hybridized carbons (Fsp3) is 0.263. The Morgan fingerprint density at radius 1 is 1.00 bits per heavy atom. The Balaban J connectivity index is 1.83. The van der Waals surface area contributed by atoms with Crippen molar-refractivity contribution >= 4 is 0 Å². The van der Waals surface area contributed by atoms with E-state index in [-0.39, 0.29) is 6.10 Å². The van der Waals surface area contributed by atoms with E-state index in [4.69, 9.17) is 18.7 Å². The minimum atomic E-state index is -0.302. The average Bonchev–Trinajstić information content (AvgIpc) is 3.16. The van der Waals surface area contributed by atoms with Gasteiger partial charge < -0.3 is 18.7 Å². The maximum atomic E-state index is 5.94. The van der Waals surface area contributed by atoms with Gasteiger partial charge in [0.05, 0.1) is 14.2 Å². The molecule has 130 valence electrons. The standard InChI is InChI=1S/C19H20N2O4/c1-4-15(24-14-8-6-5-7-9-14)19-20-18(21-25-19)13-10-11-16(22-2)17(12-13)23-3/h5-12,15H,4H2,1-3H3/t15-/m1/s1. The van der Waals surface area contributed by atoms with E-state index in [2.05, 4.69) is 10.1 Å². The van der Waals surface area contributed by atoms with Gasteiger partial charge in [0.1, 0.15) is 5.75 Å². The Hall–Kier alpha value is -3.02. The number of rotatable bonds is 7. The third-order valence-electron chi connectivity index (χ3n) is 3.75. The minimum absolute atomic E-state index is 0.302. The van der Waals surface area contributed by atoms with Crippen molar-refractivity contribution in [3.63, 3.8) is 0 Å². The molecule has 3 aromatic rings. The molecule has 0 N–H and O–H groups in total. The Morgan fingerprint density at radius 3 is 2.44 bits per heavy atom. The molecule has 0 bridgehead atoms. The summed E-state index contributed by atoms with van der Waals surface area (Å²) in [6.45, 7) is 2.01. The fourth-order valence-electron chi connectivity index (χ4n) is 2.43. The van der Waals surface area contributed by atoms with Gasteiger partial charge in [-0.1, -0.05) is 30.3 Å². The fourth-order valence-corrected chi connectivity index (χ4v) is 2.43. The van der Waals surface area contributed by atoms with E-state index >= 15 is 0 Å². The highest BCUT2D eigenvalue weighted by molar-refractivity contribution is 5.60. The summed E-state index contributed by atoms with van der Waals surface area (Å²) in [6, 6.07) is 15.1. The number of hydrogen-bond donors (Lipinski definition) is 0. The molecule has 0 amide bonds. The molecule has 1 aromatic heterocycles. The topological polar surface area (TPSA) is 66.6 Å². The predicted molar refractivity (Wildman–Crippen MR) is 92.9 cm³/mol. The maximum Gasteiger partial charge on any atom is 0.268 e. The van der Waals surface area contributed by atoms with Crippen LogP contribution in [0.1, 0.15) is 25.3 Å². The minimum Gasteiger partial charge on any atom is -0.493 e. The van der Waals surface area contributed by atoms with Crippen LogP contribution >= 0.6 is 0 Å². The maximum absolute atomic E-state index is 5.94. The van der Waals surface area contributed by atoms with Crippen LogP contribution in [0.5, 0.6) is 17.2 Å². The number of para-hydroxylation sites is 1. The van der Waals surface area contributed by atoms with E-state index in [1.807, 2.05) is 55.5 Å². The molecule has 25 heavy (non-hydrogen) atoms. The SMILES string of the molecule is CC[C@@H](Oc1ccccc1)c1nc(-c2ccc(OC)c(OC)c2)no1. The summed E-state index contributed by atoms with van der Waals surface area (Å²) >= 11 is 0. The smallest absolute Gasteiger partial charge is 0.268 e.